The molecule has 0 saturated heterocycles. The first-order valence-corrected chi connectivity index (χ1v) is 6.27. The minimum atomic E-state index is -4.68. The number of alkyl halides is 3. The molecule has 4 nitrogen and oxygen atoms in total. The van der Waals surface area contributed by atoms with Crippen LogP contribution >= 0.6 is 0 Å². The van der Waals surface area contributed by atoms with Crippen LogP contribution < -0.4 is 4.90 Å². The molecule has 1 heterocycles. The van der Waals surface area contributed by atoms with Gasteiger partial charge < -0.3 is 10.0 Å². The molecule has 1 aromatic heterocycles. The standard InChI is InChI=1S/C14H14F3N3O/c15-14(16,17)12(21)10-20(13-18-7-4-8-19-13)9-11-5-2-1-3-6-11/h1-8,12,21H,9-10H2. The number of rotatable bonds is 5. The lowest BCUT2D eigenvalue weighted by molar-refractivity contribution is -0.200. The Kier molecular flexibility index (Phi) is 4.74. The van der Waals surface area contributed by atoms with E-state index in [2.05, 4.69) is 9.97 Å². The highest BCUT2D eigenvalue weighted by Gasteiger charge is 2.39. The summed E-state index contributed by atoms with van der Waals surface area (Å²) in [5.74, 6) is 0.143. The maximum atomic E-state index is 12.5. The Labute approximate surface area is 119 Å². The van der Waals surface area contributed by atoms with E-state index in [4.69, 9.17) is 0 Å². The van der Waals surface area contributed by atoms with Crippen LogP contribution in [-0.2, 0) is 6.54 Å². The van der Waals surface area contributed by atoms with Gasteiger partial charge in [-0.05, 0) is 11.6 Å². The molecule has 1 N–H and O–H groups in total. The summed E-state index contributed by atoms with van der Waals surface area (Å²) in [5, 5.41) is 9.27. The summed E-state index contributed by atoms with van der Waals surface area (Å²) in [6.45, 7) is -0.444. The van der Waals surface area contributed by atoms with Gasteiger partial charge in [0.2, 0.25) is 5.95 Å². The maximum Gasteiger partial charge on any atom is 0.416 e. The number of aliphatic hydroxyl groups is 1. The van der Waals surface area contributed by atoms with E-state index in [-0.39, 0.29) is 12.5 Å². The van der Waals surface area contributed by atoms with Gasteiger partial charge in [-0.25, -0.2) is 9.97 Å². The Morgan fingerprint density at radius 3 is 2.24 bits per heavy atom. The van der Waals surface area contributed by atoms with E-state index < -0.39 is 18.8 Å². The smallest absolute Gasteiger partial charge is 0.382 e. The number of benzene rings is 1. The lowest BCUT2D eigenvalue weighted by Crippen LogP contribution is -2.41. The van der Waals surface area contributed by atoms with Crippen molar-refractivity contribution >= 4 is 5.95 Å². The van der Waals surface area contributed by atoms with Crippen molar-refractivity contribution in [2.45, 2.75) is 18.8 Å². The summed E-state index contributed by atoms with van der Waals surface area (Å²) < 4.78 is 37.6. The molecule has 0 fully saturated rings. The van der Waals surface area contributed by atoms with E-state index in [0.29, 0.717) is 0 Å². The molecule has 0 aliphatic heterocycles. The third-order valence-electron chi connectivity index (χ3n) is 2.82. The first kappa shape index (κ1) is 15.2. The molecule has 7 heteroatoms. The van der Waals surface area contributed by atoms with Crippen molar-refractivity contribution < 1.29 is 18.3 Å². The highest BCUT2D eigenvalue weighted by Crippen LogP contribution is 2.22. The molecule has 1 aromatic carbocycles. The first-order chi connectivity index (χ1) is 9.97. The van der Waals surface area contributed by atoms with Gasteiger partial charge in [-0.1, -0.05) is 30.3 Å². The summed E-state index contributed by atoms with van der Waals surface area (Å²) in [7, 11) is 0. The van der Waals surface area contributed by atoms with Crippen molar-refractivity contribution in [3.63, 3.8) is 0 Å². The maximum absolute atomic E-state index is 12.5. The Bertz CT molecular complexity index is 548. The summed E-state index contributed by atoms with van der Waals surface area (Å²) >= 11 is 0. The minimum absolute atomic E-state index is 0.143. The van der Waals surface area contributed by atoms with Gasteiger partial charge in [0.05, 0.1) is 6.54 Å². The van der Waals surface area contributed by atoms with E-state index in [1.807, 2.05) is 6.07 Å². The van der Waals surface area contributed by atoms with Gasteiger partial charge in [0.1, 0.15) is 0 Å². The van der Waals surface area contributed by atoms with Crippen LogP contribution in [0.25, 0.3) is 0 Å². The van der Waals surface area contributed by atoms with Crippen LogP contribution in [0.1, 0.15) is 5.56 Å². The SMILES string of the molecule is OC(CN(Cc1ccccc1)c1ncccn1)C(F)(F)F. The summed E-state index contributed by atoms with van der Waals surface area (Å²) in [5.41, 5.74) is 0.805. The van der Waals surface area contributed by atoms with Gasteiger partial charge in [0.25, 0.3) is 0 Å². The van der Waals surface area contributed by atoms with E-state index in [1.54, 1.807) is 30.3 Å². The van der Waals surface area contributed by atoms with Gasteiger partial charge in [-0.2, -0.15) is 13.2 Å². The Morgan fingerprint density at radius 1 is 1.05 bits per heavy atom. The zero-order valence-corrected chi connectivity index (χ0v) is 11.0. The number of nitrogens with zero attached hydrogens (tertiary/aromatic N) is 3. The van der Waals surface area contributed by atoms with Gasteiger partial charge >= 0.3 is 6.18 Å². The zero-order valence-electron chi connectivity index (χ0n) is 11.0. The number of hydrogen-bond acceptors (Lipinski definition) is 4. The molecule has 1 unspecified atom stereocenters. The molecule has 0 bridgehead atoms. The van der Waals surface area contributed by atoms with E-state index in [9.17, 15) is 18.3 Å². The average molecular weight is 297 g/mol. The molecule has 0 radical (unpaired) electrons. The summed E-state index contributed by atoms with van der Waals surface area (Å²) in [6.07, 6.45) is -4.24. The van der Waals surface area contributed by atoms with Crippen molar-refractivity contribution in [3.8, 4) is 0 Å². The molecule has 0 aliphatic carbocycles. The first-order valence-electron chi connectivity index (χ1n) is 6.27. The number of hydrogen-bond donors (Lipinski definition) is 1. The topological polar surface area (TPSA) is 49.2 Å². The van der Waals surface area contributed by atoms with E-state index in [1.165, 1.54) is 17.3 Å². The second-order valence-corrected chi connectivity index (χ2v) is 4.47. The normalized spacial score (nSPS) is 13.0. The lowest BCUT2D eigenvalue weighted by atomic mass is 10.2. The Hall–Kier alpha value is -2.15. The molecular weight excluding hydrogens is 283 g/mol. The molecule has 0 aliphatic rings. The Balaban J connectivity index is 2.19. The van der Waals surface area contributed by atoms with Crippen LogP contribution in [0.5, 0.6) is 0 Å². The van der Waals surface area contributed by atoms with Crippen molar-refractivity contribution in [2.24, 2.45) is 0 Å². The summed E-state index contributed by atoms with van der Waals surface area (Å²) in [6, 6.07) is 10.5. The zero-order chi connectivity index (χ0) is 15.3. The predicted octanol–water partition coefficient (Wildman–Crippen LogP) is 2.41. The van der Waals surface area contributed by atoms with Crippen LogP contribution in [0.4, 0.5) is 19.1 Å². The van der Waals surface area contributed by atoms with Gasteiger partial charge in [0, 0.05) is 18.9 Å². The van der Waals surface area contributed by atoms with Crippen LogP contribution in [0, 0.1) is 0 Å². The second kappa shape index (κ2) is 6.53. The summed E-state index contributed by atoms with van der Waals surface area (Å²) in [4.78, 5) is 9.19. The third-order valence-corrected chi connectivity index (χ3v) is 2.82. The van der Waals surface area contributed by atoms with Crippen LogP contribution in [-0.4, -0.2) is 33.9 Å². The van der Waals surface area contributed by atoms with Crippen molar-refractivity contribution in [2.75, 3.05) is 11.4 Å². The van der Waals surface area contributed by atoms with Gasteiger partial charge in [-0.15, -0.1) is 0 Å². The fourth-order valence-corrected chi connectivity index (χ4v) is 1.79. The van der Waals surface area contributed by atoms with Crippen molar-refractivity contribution in [3.05, 3.63) is 54.4 Å². The van der Waals surface area contributed by atoms with Gasteiger partial charge in [-0.3, -0.25) is 0 Å². The average Bonchev–Trinajstić information content (AvgIpc) is 2.47. The van der Waals surface area contributed by atoms with E-state index in [0.717, 1.165) is 5.56 Å². The fraction of sp³-hybridized carbons (Fsp3) is 0.286. The number of anilines is 1. The predicted molar refractivity (Wildman–Crippen MR) is 71.6 cm³/mol. The highest BCUT2D eigenvalue weighted by molar-refractivity contribution is 5.31. The molecule has 0 spiro atoms. The molecule has 21 heavy (non-hydrogen) atoms. The molecule has 2 aromatic rings. The molecule has 2 rings (SSSR count). The monoisotopic (exact) mass is 297 g/mol. The quantitative estimate of drug-likeness (QED) is 0.920. The van der Waals surface area contributed by atoms with Crippen LogP contribution in [0.3, 0.4) is 0 Å². The number of aromatic nitrogens is 2. The molecule has 0 saturated carbocycles. The van der Waals surface area contributed by atoms with Crippen molar-refractivity contribution in [1.82, 2.24) is 9.97 Å². The van der Waals surface area contributed by atoms with Crippen LogP contribution in [0.2, 0.25) is 0 Å². The molecular formula is C14H14F3N3O. The second-order valence-electron chi connectivity index (χ2n) is 4.47. The molecule has 112 valence electrons. The lowest BCUT2D eigenvalue weighted by Gasteiger charge is -2.26. The molecule has 0 amide bonds. The number of aliphatic hydroxyl groups excluding tert-OH is 1. The van der Waals surface area contributed by atoms with E-state index >= 15 is 0 Å². The van der Waals surface area contributed by atoms with Crippen molar-refractivity contribution in [1.29, 1.82) is 0 Å². The van der Waals surface area contributed by atoms with Gasteiger partial charge in [0.15, 0.2) is 6.10 Å². The minimum Gasteiger partial charge on any atom is -0.382 e. The third kappa shape index (κ3) is 4.42. The number of halogens is 3. The fourth-order valence-electron chi connectivity index (χ4n) is 1.79. The Morgan fingerprint density at radius 2 is 1.67 bits per heavy atom. The van der Waals surface area contributed by atoms with Crippen LogP contribution in [0.15, 0.2) is 48.8 Å². The largest absolute Gasteiger partial charge is 0.416 e. The highest BCUT2D eigenvalue weighted by atomic mass is 19.4. The molecule has 1 atom stereocenters.